The molecule has 2 rings (SSSR count). The first-order valence-electron chi connectivity index (χ1n) is 5.51. The maximum atomic E-state index is 6.12. The first kappa shape index (κ1) is 14.3. The van der Waals surface area contributed by atoms with Gasteiger partial charge in [0.15, 0.2) is 0 Å². The van der Waals surface area contributed by atoms with Crippen molar-refractivity contribution in [2.45, 2.75) is 6.92 Å². The highest BCUT2D eigenvalue weighted by molar-refractivity contribution is 9.10. The number of thiocarbonyl (C=S) groups is 1. The highest BCUT2D eigenvalue weighted by atomic mass is 79.9. The topological polar surface area (TPSA) is 35.2 Å². The van der Waals surface area contributed by atoms with Crippen molar-refractivity contribution >= 4 is 44.7 Å². The summed E-state index contributed by atoms with van der Waals surface area (Å²) in [5, 5.41) is 0.541. The lowest BCUT2D eigenvalue weighted by molar-refractivity contribution is 0.481. The summed E-state index contributed by atoms with van der Waals surface area (Å²) in [4.78, 5) is 0.284. The number of benzene rings is 2. The first-order chi connectivity index (χ1) is 8.97. The second kappa shape index (κ2) is 5.90. The van der Waals surface area contributed by atoms with Crippen LogP contribution in [0.5, 0.6) is 11.5 Å². The fourth-order valence-electron chi connectivity index (χ4n) is 1.59. The van der Waals surface area contributed by atoms with E-state index in [9.17, 15) is 0 Å². The SMILES string of the molecule is Cc1ccc(Cl)c(Oc2cc(Br)ccc2C(N)=S)c1. The van der Waals surface area contributed by atoms with Gasteiger partial charge in [-0.2, -0.15) is 0 Å². The van der Waals surface area contributed by atoms with E-state index >= 15 is 0 Å². The Bertz CT molecular complexity index is 645. The van der Waals surface area contributed by atoms with Crippen molar-refractivity contribution < 1.29 is 4.74 Å². The van der Waals surface area contributed by atoms with Gasteiger partial charge >= 0.3 is 0 Å². The zero-order chi connectivity index (χ0) is 14.0. The van der Waals surface area contributed by atoms with E-state index < -0.39 is 0 Å². The van der Waals surface area contributed by atoms with E-state index in [1.165, 1.54) is 0 Å². The minimum atomic E-state index is 0.284. The van der Waals surface area contributed by atoms with Gasteiger partial charge < -0.3 is 10.5 Å². The molecule has 2 aromatic carbocycles. The molecule has 2 aromatic rings. The van der Waals surface area contributed by atoms with E-state index in [0.717, 1.165) is 10.0 Å². The number of nitrogens with two attached hydrogens (primary N) is 1. The Morgan fingerprint density at radius 3 is 2.63 bits per heavy atom. The molecule has 0 atom stereocenters. The predicted octanol–water partition coefficient (Wildman–Crippen LogP) is 4.84. The van der Waals surface area contributed by atoms with Crippen molar-refractivity contribution in [1.29, 1.82) is 0 Å². The van der Waals surface area contributed by atoms with Gasteiger partial charge in [0.2, 0.25) is 0 Å². The van der Waals surface area contributed by atoms with Crippen molar-refractivity contribution in [3.8, 4) is 11.5 Å². The maximum Gasteiger partial charge on any atom is 0.146 e. The van der Waals surface area contributed by atoms with Gasteiger partial charge in [-0.05, 0) is 42.8 Å². The summed E-state index contributed by atoms with van der Waals surface area (Å²) in [7, 11) is 0. The molecule has 0 bridgehead atoms. The lowest BCUT2D eigenvalue weighted by Crippen LogP contribution is -2.10. The van der Waals surface area contributed by atoms with E-state index in [4.69, 9.17) is 34.3 Å². The van der Waals surface area contributed by atoms with Crippen LogP contribution in [0.25, 0.3) is 0 Å². The smallest absolute Gasteiger partial charge is 0.146 e. The van der Waals surface area contributed by atoms with Crippen LogP contribution in [-0.2, 0) is 0 Å². The summed E-state index contributed by atoms with van der Waals surface area (Å²) >= 11 is 14.5. The Morgan fingerprint density at radius 2 is 1.95 bits per heavy atom. The standard InChI is InChI=1S/C14H11BrClNOS/c1-8-2-5-11(16)13(6-8)18-12-7-9(15)3-4-10(12)14(17)19/h2-7H,1H3,(H2,17,19). The Morgan fingerprint density at radius 1 is 1.21 bits per heavy atom. The average Bonchev–Trinajstić information content (AvgIpc) is 2.33. The summed E-state index contributed by atoms with van der Waals surface area (Å²) in [5.41, 5.74) is 7.43. The maximum absolute atomic E-state index is 6.12. The highest BCUT2D eigenvalue weighted by Gasteiger charge is 2.10. The van der Waals surface area contributed by atoms with Crippen molar-refractivity contribution in [1.82, 2.24) is 0 Å². The Labute approximate surface area is 130 Å². The van der Waals surface area contributed by atoms with Crippen LogP contribution >= 0.6 is 39.7 Å². The van der Waals surface area contributed by atoms with Gasteiger partial charge in [0.05, 0.1) is 10.6 Å². The molecule has 0 fully saturated rings. The molecule has 0 radical (unpaired) electrons. The molecule has 0 amide bonds. The summed E-state index contributed by atoms with van der Waals surface area (Å²) in [5.74, 6) is 1.16. The molecule has 0 saturated heterocycles. The summed E-state index contributed by atoms with van der Waals surface area (Å²) in [6.45, 7) is 1.97. The monoisotopic (exact) mass is 355 g/mol. The second-order valence-corrected chi connectivity index (χ2v) is 5.80. The molecule has 0 aliphatic heterocycles. The summed E-state index contributed by atoms with van der Waals surface area (Å²) in [6, 6.07) is 11.1. The van der Waals surface area contributed by atoms with E-state index in [0.29, 0.717) is 22.1 Å². The molecule has 5 heteroatoms. The fraction of sp³-hybridized carbons (Fsp3) is 0.0714. The van der Waals surface area contributed by atoms with Gasteiger partial charge in [-0.1, -0.05) is 45.8 Å². The van der Waals surface area contributed by atoms with Gasteiger partial charge in [-0.15, -0.1) is 0 Å². The minimum Gasteiger partial charge on any atom is -0.455 e. The predicted molar refractivity (Wildman–Crippen MR) is 86.3 cm³/mol. The van der Waals surface area contributed by atoms with Crippen LogP contribution < -0.4 is 10.5 Å². The quantitative estimate of drug-likeness (QED) is 0.799. The molecule has 0 aromatic heterocycles. The molecule has 2 nitrogen and oxygen atoms in total. The van der Waals surface area contributed by atoms with Gasteiger partial charge in [0.1, 0.15) is 16.5 Å². The first-order valence-corrected chi connectivity index (χ1v) is 7.08. The van der Waals surface area contributed by atoms with Gasteiger partial charge in [-0.3, -0.25) is 0 Å². The molecule has 0 aliphatic carbocycles. The van der Waals surface area contributed by atoms with Gasteiger partial charge in [0.25, 0.3) is 0 Å². The van der Waals surface area contributed by atoms with Crippen molar-refractivity contribution in [2.75, 3.05) is 0 Å². The van der Waals surface area contributed by atoms with Crippen LogP contribution in [-0.4, -0.2) is 4.99 Å². The van der Waals surface area contributed by atoms with E-state index in [1.807, 2.05) is 37.3 Å². The molecule has 0 saturated carbocycles. The van der Waals surface area contributed by atoms with Gasteiger partial charge in [-0.25, -0.2) is 0 Å². The molecular formula is C14H11BrClNOS. The number of rotatable bonds is 3. The van der Waals surface area contributed by atoms with Crippen LogP contribution in [0.1, 0.15) is 11.1 Å². The zero-order valence-electron chi connectivity index (χ0n) is 10.1. The van der Waals surface area contributed by atoms with Crippen molar-refractivity contribution in [2.24, 2.45) is 5.73 Å². The molecule has 98 valence electrons. The summed E-state index contributed by atoms with van der Waals surface area (Å²) in [6.07, 6.45) is 0. The normalized spacial score (nSPS) is 10.3. The third-order valence-corrected chi connectivity index (χ3v) is 3.54. The summed E-state index contributed by atoms with van der Waals surface area (Å²) < 4.78 is 6.71. The molecule has 0 spiro atoms. The van der Waals surface area contributed by atoms with Crippen LogP contribution in [0, 0.1) is 6.92 Å². The minimum absolute atomic E-state index is 0.284. The average molecular weight is 357 g/mol. The molecular weight excluding hydrogens is 346 g/mol. The van der Waals surface area contributed by atoms with Crippen molar-refractivity contribution in [3.05, 3.63) is 57.0 Å². The second-order valence-electron chi connectivity index (χ2n) is 4.04. The molecule has 2 N–H and O–H groups in total. The molecule has 0 heterocycles. The zero-order valence-corrected chi connectivity index (χ0v) is 13.3. The van der Waals surface area contributed by atoms with Crippen LogP contribution in [0.4, 0.5) is 0 Å². The number of hydrogen-bond donors (Lipinski definition) is 1. The number of halogens is 2. The Balaban J connectivity index is 2.45. The number of ether oxygens (including phenoxy) is 1. The van der Waals surface area contributed by atoms with E-state index in [-0.39, 0.29) is 4.99 Å². The van der Waals surface area contributed by atoms with Crippen LogP contribution in [0.15, 0.2) is 40.9 Å². The van der Waals surface area contributed by atoms with E-state index in [1.54, 1.807) is 6.07 Å². The van der Waals surface area contributed by atoms with E-state index in [2.05, 4.69) is 15.9 Å². The fourth-order valence-corrected chi connectivity index (χ4v) is 2.26. The number of hydrogen-bond acceptors (Lipinski definition) is 2. The third kappa shape index (κ3) is 3.47. The molecule has 0 unspecified atom stereocenters. The van der Waals surface area contributed by atoms with Crippen LogP contribution in [0.2, 0.25) is 5.02 Å². The highest BCUT2D eigenvalue weighted by Crippen LogP contribution is 2.33. The lowest BCUT2D eigenvalue weighted by atomic mass is 10.2. The lowest BCUT2D eigenvalue weighted by Gasteiger charge is -2.12. The van der Waals surface area contributed by atoms with Crippen molar-refractivity contribution in [3.63, 3.8) is 0 Å². The third-order valence-electron chi connectivity index (χ3n) is 2.52. The Kier molecular flexibility index (Phi) is 4.45. The van der Waals surface area contributed by atoms with Crippen LogP contribution in [0.3, 0.4) is 0 Å². The molecule has 19 heavy (non-hydrogen) atoms. The Hall–Kier alpha value is -1.10. The number of aryl methyl sites for hydroxylation is 1. The molecule has 0 aliphatic rings. The largest absolute Gasteiger partial charge is 0.455 e. The van der Waals surface area contributed by atoms with Gasteiger partial charge in [0, 0.05) is 4.47 Å².